The Bertz CT molecular complexity index is 818. The first-order chi connectivity index (χ1) is 11.2. The highest BCUT2D eigenvalue weighted by Crippen LogP contribution is 2.54. The lowest BCUT2D eigenvalue weighted by molar-refractivity contribution is 0.0656. The summed E-state index contributed by atoms with van der Waals surface area (Å²) in [6, 6.07) is 12.2. The van der Waals surface area contributed by atoms with E-state index in [1.54, 1.807) is 7.11 Å². The van der Waals surface area contributed by atoms with Gasteiger partial charge in [0.25, 0.3) is 0 Å². The normalized spacial score (nSPS) is 24.0. The van der Waals surface area contributed by atoms with Crippen molar-refractivity contribution in [3.8, 4) is 17.6 Å². The van der Waals surface area contributed by atoms with Crippen molar-refractivity contribution < 1.29 is 9.47 Å². The molecule has 4 heteroatoms. The first-order valence-electron chi connectivity index (χ1n) is 7.45. The molecule has 2 aromatic carbocycles. The van der Waals surface area contributed by atoms with Gasteiger partial charge in [-0.05, 0) is 85.8 Å². The van der Waals surface area contributed by atoms with E-state index in [-0.39, 0.29) is 18.1 Å². The van der Waals surface area contributed by atoms with Gasteiger partial charge in [0, 0.05) is 14.5 Å². The van der Waals surface area contributed by atoms with Crippen molar-refractivity contribution in [2.75, 3.05) is 7.11 Å². The van der Waals surface area contributed by atoms with Gasteiger partial charge in [-0.3, -0.25) is 0 Å². The number of rotatable bonds is 1. The molecular weight excluding hydrogens is 420 g/mol. The van der Waals surface area contributed by atoms with Crippen LogP contribution in [0.4, 0.5) is 0 Å². The van der Waals surface area contributed by atoms with Crippen LogP contribution in [0.25, 0.3) is 0 Å². The molecular formula is C19H14Br2O2. The van der Waals surface area contributed by atoms with E-state index in [4.69, 9.17) is 9.47 Å². The second kappa shape index (κ2) is 5.98. The summed E-state index contributed by atoms with van der Waals surface area (Å²) in [4.78, 5) is 0. The van der Waals surface area contributed by atoms with E-state index in [2.05, 4.69) is 55.8 Å². The van der Waals surface area contributed by atoms with Crippen LogP contribution in [0, 0.1) is 17.8 Å². The van der Waals surface area contributed by atoms with Crippen molar-refractivity contribution in [3.63, 3.8) is 0 Å². The maximum absolute atomic E-state index is 6.13. The third-order valence-corrected chi connectivity index (χ3v) is 6.26. The second-order valence-electron chi connectivity index (χ2n) is 5.78. The Morgan fingerprint density at radius 2 is 1.78 bits per heavy atom. The van der Waals surface area contributed by atoms with Crippen LogP contribution >= 0.6 is 31.9 Å². The van der Waals surface area contributed by atoms with E-state index in [1.807, 2.05) is 24.3 Å². The second-order valence-corrected chi connectivity index (χ2v) is 7.49. The van der Waals surface area contributed by atoms with Gasteiger partial charge in [-0.2, -0.15) is 0 Å². The summed E-state index contributed by atoms with van der Waals surface area (Å²) in [6.45, 7) is 0. The minimum Gasteiger partial charge on any atom is -0.497 e. The van der Waals surface area contributed by atoms with E-state index in [9.17, 15) is 0 Å². The van der Waals surface area contributed by atoms with Crippen molar-refractivity contribution in [1.29, 1.82) is 0 Å². The van der Waals surface area contributed by atoms with Crippen LogP contribution < -0.4 is 4.74 Å². The largest absolute Gasteiger partial charge is 0.497 e. The topological polar surface area (TPSA) is 18.5 Å². The lowest BCUT2D eigenvalue weighted by Crippen LogP contribution is -2.09. The zero-order valence-corrected chi connectivity index (χ0v) is 15.6. The summed E-state index contributed by atoms with van der Waals surface area (Å²) in [5, 5.41) is 0. The standard InChI is InChI=1S/C19H14Br2O2/c1-22-13-6-3-11(4-7-13)2-5-12-8-18-14-9-16(20)17(21)10-15(14)19(12)23-18/h3-4,6-7,9-10,12,18-19H,8H2,1H3/t12?,18-,19+/m1/s1. The van der Waals surface area contributed by atoms with Crippen LogP contribution in [0.2, 0.25) is 0 Å². The molecule has 2 heterocycles. The number of ether oxygens (including phenoxy) is 2. The van der Waals surface area contributed by atoms with Gasteiger partial charge >= 0.3 is 0 Å². The van der Waals surface area contributed by atoms with Gasteiger partial charge < -0.3 is 9.47 Å². The van der Waals surface area contributed by atoms with Gasteiger partial charge in [0.1, 0.15) is 5.75 Å². The molecule has 0 aliphatic carbocycles. The lowest BCUT2D eigenvalue weighted by Gasteiger charge is -2.17. The zero-order valence-electron chi connectivity index (χ0n) is 12.5. The molecule has 116 valence electrons. The van der Waals surface area contributed by atoms with Crippen LogP contribution in [0.1, 0.15) is 35.3 Å². The number of hydrogen-bond acceptors (Lipinski definition) is 2. The van der Waals surface area contributed by atoms with Crippen LogP contribution in [-0.2, 0) is 4.74 Å². The van der Waals surface area contributed by atoms with Gasteiger partial charge in [0.15, 0.2) is 0 Å². The van der Waals surface area contributed by atoms with E-state index in [0.717, 1.165) is 26.7 Å². The van der Waals surface area contributed by atoms with E-state index in [1.165, 1.54) is 11.1 Å². The van der Waals surface area contributed by atoms with Crippen molar-refractivity contribution in [2.24, 2.45) is 5.92 Å². The van der Waals surface area contributed by atoms with E-state index in [0.29, 0.717) is 0 Å². The number of hydrogen-bond donors (Lipinski definition) is 0. The number of benzene rings is 2. The SMILES string of the molecule is COc1ccc(C#CC2C[C@H]3O[C@@H]2c2cc(Br)c(Br)cc23)cc1. The molecule has 3 atom stereocenters. The summed E-state index contributed by atoms with van der Waals surface area (Å²) in [7, 11) is 1.67. The zero-order chi connectivity index (χ0) is 16.0. The molecule has 4 rings (SSSR count). The highest BCUT2D eigenvalue weighted by Gasteiger charge is 2.44. The predicted molar refractivity (Wildman–Crippen MR) is 96.4 cm³/mol. The quantitative estimate of drug-likeness (QED) is 0.560. The first-order valence-corrected chi connectivity index (χ1v) is 9.04. The monoisotopic (exact) mass is 432 g/mol. The lowest BCUT2D eigenvalue weighted by atomic mass is 9.84. The third kappa shape index (κ3) is 2.71. The maximum atomic E-state index is 6.13. The van der Waals surface area contributed by atoms with Crippen molar-refractivity contribution in [2.45, 2.75) is 18.6 Å². The third-order valence-electron chi connectivity index (χ3n) is 4.42. The molecule has 1 unspecified atom stereocenters. The number of fused-ring (bicyclic) bond motifs is 5. The van der Waals surface area contributed by atoms with E-state index >= 15 is 0 Å². The molecule has 2 bridgehead atoms. The van der Waals surface area contributed by atoms with Crippen molar-refractivity contribution in [1.82, 2.24) is 0 Å². The molecule has 0 aromatic heterocycles. The molecule has 2 aliphatic heterocycles. The molecule has 23 heavy (non-hydrogen) atoms. The van der Waals surface area contributed by atoms with Crippen LogP contribution in [-0.4, -0.2) is 7.11 Å². The Kier molecular flexibility index (Phi) is 3.96. The fraction of sp³-hybridized carbons (Fsp3) is 0.263. The molecule has 0 saturated carbocycles. The summed E-state index contributed by atoms with van der Waals surface area (Å²) in [5.41, 5.74) is 3.57. The Balaban J connectivity index is 1.59. The Morgan fingerprint density at radius 3 is 2.48 bits per heavy atom. The summed E-state index contributed by atoms with van der Waals surface area (Å²) in [6.07, 6.45) is 1.23. The molecule has 0 amide bonds. The molecule has 2 aliphatic rings. The molecule has 0 N–H and O–H groups in total. The van der Waals surface area contributed by atoms with Gasteiger partial charge in [-0.1, -0.05) is 11.8 Å². The van der Waals surface area contributed by atoms with Crippen LogP contribution in [0.15, 0.2) is 45.3 Å². The summed E-state index contributed by atoms with van der Waals surface area (Å²) in [5.74, 6) is 7.77. The fourth-order valence-electron chi connectivity index (χ4n) is 3.26. The first kappa shape index (κ1) is 15.3. The van der Waals surface area contributed by atoms with E-state index < -0.39 is 0 Å². The summed E-state index contributed by atoms with van der Waals surface area (Å²) < 4.78 is 13.4. The van der Waals surface area contributed by atoms with Crippen LogP contribution in [0.3, 0.4) is 0 Å². The number of halogens is 2. The minimum absolute atomic E-state index is 0.0881. The van der Waals surface area contributed by atoms with Gasteiger partial charge in [-0.15, -0.1) is 0 Å². The molecule has 2 aromatic rings. The minimum atomic E-state index is 0.0881. The van der Waals surface area contributed by atoms with Gasteiger partial charge in [0.2, 0.25) is 0 Å². The highest BCUT2D eigenvalue weighted by atomic mass is 79.9. The van der Waals surface area contributed by atoms with Gasteiger partial charge in [0.05, 0.1) is 25.2 Å². The Labute approximate surface area is 152 Å². The molecule has 1 saturated heterocycles. The highest BCUT2D eigenvalue weighted by molar-refractivity contribution is 9.13. The smallest absolute Gasteiger partial charge is 0.118 e. The summed E-state index contributed by atoms with van der Waals surface area (Å²) >= 11 is 7.15. The molecule has 2 nitrogen and oxygen atoms in total. The molecule has 1 fully saturated rings. The maximum Gasteiger partial charge on any atom is 0.118 e. The van der Waals surface area contributed by atoms with Gasteiger partial charge in [-0.25, -0.2) is 0 Å². The number of methoxy groups -OCH3 is 1. The van der Waals surface area contributed by atoms with Crippen molar-refractivity contribution >= 4 is 31.9 Å². The van der Waals surface area contributed by atoms with Crippen molar-refractivity contribution in [3.05, 3.63) is 62.0 Å². The molecule has 0 spiro atoms. The predicted octanol–water partition coefficient (Wildman–Crippen LogP) is 5.40. The van der Waals surface area contributed by atoms with Crippen LogP contribution in [0.5, 0.6) is 5.75 Å². The Morgan fingerprint density at radius 1 is 1.09 bits per heavy atom. The average molecular weight is 434 g/mol. The molecule has 0 radical (unpaired) electrons. The fourth-order valence-corrected chi connectivity index (χ4v) is 3.98. The average Bonchev–Trinajstić information content (AvgIpc) is 3.13. The Hall–Kier alpha value is -1.28.